The van der Waals surface area contributed by atoms with Crippen molar-refractivity contribution in [2.24, 2.45) is 0 Å². The molecular formula is C21H20FN7S. The number of para-hydroxylation sites is 1. The van der Waals surface area contributed by atoms with Crippen LogP contribution in [0, 0.1) is 5.82 Å². The van der Waals surface area contributed by atoms with Gasteiger partial charge in [0.25, 0.3) is 0 Å². The van der Waals surface area contributed by atoms with Crippen molar-refractivity contribution in [2.45, 2.75) is 0 Å². The lowest BCUT2D eigenvalue weighted by molar-refractivity contribution is 0.624. The lowest BCUT2D eigenvalue weighted by Crippen LogP contribution is -2.47. The highest BCUT2D eigenvalue weighted by Gasteiger charge is 2.22. The summed E-state index contributed by atoms with van der Waals surface area (Å²) in [5.74, 6) is 1.05. The summed E-state index contributed by atoms with van der Waals surface area (Å²) in [7, 11) is 0. The third-order valence-electron chi connectivity index (χ3n) is 5.15. The van der Waals surface area contributed by atoms with Crippen LogP contribution in [0.3, 0.4) is 0 Å². The highest BCUT2D eigenvalue weighted by molar-refractivity contribution is 7.22. The van der Waals surface area contributed by atoms with Crippen molar-refractivity contribution in [1.82, 2.24) is 15.0 Å². The minimum absolute atomic E-state index is 0.223. The number of benzene rings is 2. The normalized spacial score (nSPS) is 14.3. The molecule has 5 rings (SSSR count). The molecule has 7 nitrogen and oxygen atoms in total. The van der Waals surface area contributed by atoms with Crippen LogP contribution in [0.15, 0.2) is 54.9 Å². The maximum absolute atomic E-state index is 13.2. The van der Waals surface area contributed by atoms with E-state index < -0.39 is 0 Å². The van der Waals surface area contributed by atoms with Crippen molar-refractivity contribution in [1.29, 1.82) is 0 Å². The fourth-order valence-electron chi connectivity index (χ4n) is 3.59. The zero-order valence-corrected chi connectivity index (χ0v) is 16.9. The second-order valence-corrected chi connectivity index (χ2v) is 8.05. The van der Waals surface area contributed by atoms with Gasteiger partial charge in [-0.1, -0.05) is 23.5 Å². The van der Waals surface area contributed by atoms with Gasteiger partial charge in [-0.3, -0.25) is 0 Å². The highest BCUT2D eigenvalue weighted by Crippen LogP contribution is 2.32. The Hall–Kier alpha value is -3.46. The molecule has 1 aliphatic heterocycles. The zero-order valence-electron chi connectivity index (χ0n) is 16.1. The van der Waals surface area contributed by atoms with E-state index in [0.717, 1.165) is 47.2 Å². The van der Waals surface area contributed by atoms with E-state index in [4.69, 9.17) is 5.73 Å². The molecule has 0 unspecified atom stereocenters. The molecule has 0 bridgehead atoms. The summed E-state index contributed by atoms with van der Waals surface area (Å²) in [5.41, 5.74) is 8.88. The topological polar surface area (TPSA) is 83.2 Å². The van der Waals surface area contributed by atoms with Crippen molar-refractivity contribution < 1.29 is 4.39 Å². The lowest BCUT2D eigenvalue weighted by atomic mass is 10.2. The van der Waals surface area contributed by atoms with Crippen LogP contribution in [-0.4, -0.2) is 41.1 Å². The number of anilines is 5. The lowest BCUT2D eigenvalue weighted by Gasteiger charge is -2.37. The van der Waals surface area contributed by atoms with Crippen LogP contribution in [0.1, 0.15) is 0 Å². The maximum Gasteiger partial charge on any atom is 0.189 e. The number of nitrogens with zero attached hydrogens (tertiary/aromatic N) is 5. The number of halogens is 1. The summed E-state index contributed by atoms with van der Waals surface area (Å²) in [6.45, 7) is 3.13. The number of nitrogens with two attached hydrogens (primary N) is 1. The van der Waals surface area contributed by atoms with Crippen LogP contribution in [0.5, 0.6) is 0 Å². The third kappa shape index (κ3) is 3.59. The molecule has 1 saturated heterocycles. The van der Waals surface area contributed by atoms with Crippen molar-refractivity contribution in [2.75, 3.05) is 47.0 Å². The number of hydrogen-bond donors (Lipinski definition) is 2. The third-order valence-corrected chi connectivity index (χ3v) is 6.10. The second-order valence-electron chi connectivity index (χ2n) is 7.02. The number of fused-ring (bicyclic) bond motifs is 1. The summed E-state index contributed by atoms with van der Waals surface area (Å²) >= 11 is 1.56. The Labute approximate surface area is 177 Å². The van der Waals surface area contributed by atoms with Gasteiger partial charge in [0.15, 0.2) is 16.8 Å². The van der Waals surface area contributed by atoms with Gasteiger partial charge in [0.05, 0.1) is 10.2 Å². The van der Waals surface area contributed by atoms with E-state index in [-0.39, 0.29) is 5.82 Å². The number of rotatable bonds is 4. The molecular weight excluding hydrogens is 401 g/mol. The first-order valence-electron chi connectivity index (χ1n) is 9.66. The number of hydrogen-bond acceptors (Lipinski definition) is 8. The number of nitrogen functional groups attached to an aromatic ring is 1. The van der Waals surface area contributed by atoms with Gasteiger partial charge in [0.1, 0.15) is 17.8 Å². The molecule has 152 valence electrons. The van der Waals surface area contributed by atoms with Crippen LogP contribution in [0.2, 0.25) is 0 Å². The molecule has 0 spiro atoms. The fourth-order valence-corrected chi connectivity index (χ4v) is 4.46. The van der Waals surface area contributed by atoms with Crippen LogP contribution >= 0.6 is 11.3 Å². The molecule has 0 atom stereocenters. The Morgan fingerprint density at radius 2 is 1.67 bits per heavy atom. The summed E-state index contributed by atoms with van der Waals surface area (Å²) < 4.78 is 14.3. The van der Waals surface area contributed by atoms with Gasteiger partial charge in [-0.15, -0.1) is 0 Å². The van der Waals surface area contributed by atoms with Crippen molar-refractivity contribution in [3.8, 4) is 0 Å². The fraction of sp³-hybridized carbons (Fsp3) is 0.190. The van der Waals surface area contributed by atoms with Crippen molar-refractivity contribution >= 4 is 49.7 Å². The van der Waals surface area contributed by atoms with Crippen molar-refractivity contribution in [3.63, 3.8) is 0 Å². The Bertz CT molecular complexity index is 1140. The molecule has 0 aliphatic carbocycles. The first kappa shape index (κ1) is 18.6. The molecule has 4 aromatic rings. The van der Waals surface area contributed by atoms with Gasteiger partial charge in [-0.2, -0.15) is 0 Å². The molecule has 3 heterocycles. The van der Waals surface area contributed by atoms with E-state index in [2.05, 4.69) is 30.1 Å². The van der Waals surface area contributed by atoms with Gasteiger partial charge in [0.2, 0.25) is 0 Å². The van der Waals surface area contributed by atoms with Gasteiger partial charge in [0, 0.05) is 31.9 Å². The average molecular weight is 422 g/mol. The molecule has 9 heteroatoms. The van der Waals surface area contributed by atoms with Gasteiger partial charge < -0.3 is 20.9 Å². The SMILES string of the molecule is Nc1c(Nc2nc3ccccc3s2)ncnc1N1CCN(c2ccc(F)cc2)CC1. The van der Waals surface area contributed by atoms with Crippen LogP contribution in [-0.2, 0) is 0 Å². The first-order valence-corrected chi connectivity index (χ1v) is 10.5. The van der Waals surface area contributed by atoms with E-state index in [1.54, 1.807) is 11.3 Å². The molecule has 1 aliphatic rings. The van der Waals surface area contributed by atoms with Gasteiger partial charge >= 0.3 is 0 Å². The number of thiazole rings is 1. The largest absolute Gasteiger partial charge is 0.393 e. The summed E-state index contributed by atoms with van der Waals surface area (Å²) in [4.78, 5) is 17.7. The number of piperazine rings is 1. The van der Waals surface area contributed by atoms with Gasteiger partial charge in [-0.05, 0) is 36.4 Å². The monoisotopic (exact) mass is 421 g/mol. The maximum atomic E-state index is 13.2. The van der Waals surface area contributed by atoms with Crippen molar-refractivity contribution in [3.05, 3.63) is 60.7 Å². The second kappa shape index (κ2) is 7.75. The Balaban J connectivity index is 1.31. The van der Waals surface area contributed by atoms with E-state index in [1.807, 2.05) is 36.4 Å². The first-order chi connectivity index (χ1) is 14.7. The molecule has 0 saturated carbocycles. The van der Waals surface area contributed by atoms with E-state index >= 15 is 0 Å². The van der Waals surface area contributed by atoms with E-state index in [9.17, 15) is 4.39 Å². The predicted octanol–water partition coefficient (Wildman–Crippen LogP) is 3.88. The van der Waals surface area contributed by atoms with Crippen LogP contribution in [0.4, 0.5) is 32.5 Å². The molecule has 0 radical (unpaired) electrons. The summed E-state index contributed by atoms with van der Waals surface area (Å²) in [5, 5.41) is 3.98. The summed E-state index contributed by atoms with van der Waals surface area (Å²) in [6, 6.07) is 14.6. The van der Waals surface area contributed by atoms with E-state index in [1.165, 1.54) is 18.5 Å². The minimum atomic E-state index is -0.223. The summed E-state index contributed by atoms with van der Waals surface area (Å²) in [6.07, 6.45) is 1.52. The standard InChI is InChI=1S/C21H20FN7S/c22-14-5-7-15(8-6-14)28-9-11-29(12-10-28)20-18(23)19(24-13-25-20)27-21-26-16-3-1-2-4-17(16)30-21/h1-8,13H,9-12,23H2,(H,24,25,26,27). The molecule has 30 heavy (non-hydrogen) atoms. The Morgan fingerprint density at radius 3 is 2.43 bits per heavy atom. The van der Waals surface area contributed by atoms with Crippen LogP contribution in [0.25, 0.3) is 10.2 Å². The zero-order chi connectivity index (χ0) is 20.5. The number of aromatic nitrogens is 3. The smallest absolute Gasteiger partial charge is 0.189 e. The molecule has 0 amide bonds. The Morgan fingerprint density at radius 1 is 0.933 bits per heavy atom. The molecule has 1 fully saturated rings. The van der Waals surface area contributed by atoms with Gasteiger partial charge in [-0.25, -0.2) is 19.3 Å². The predicted molar refractivity (Wildman–Crippen MR) is 120 cm³/mol. The molecule has 2 aromatic carbocycles. The highest BCUT2D eigenvalue weighted by atomic mass is 32.1. The van der Waals surface area contributed by atoms with Crippen LogP contribution < -0.4 is 20.9 Å². The minimum Gasteiger partial charge on any atom is -0.393 e. The van der Waals surface area contributed by atoms with E-state index in [0.29, 0.717) is 17.3 Å². The Kier molecular flexibility index (Phi) is 4.80. The number of nitrogens with one attached hydrogen (secondary N) is 1. The molecule has 2 aromatic heterocycles. The molecule has 3 N–H and O–H groups in total. The average Bonchev–Trinajstić information content (AvgIpc) is 3.18. The quantitative estimate of drug-likeness (QED) is 0.517.